The summed E-state index contributed by atoms with van der Waals surface area (Å²) in [6.45, 7) is 2.14. The number of carbonyl (C=O) groups excluding carboxylic acids is 3. The Hall–Kier alpha value is -1.85. The van der Waals surface area contributed by atoms with E-state index >= 15 is 0 Å². The molecule has 0 bridgehead atoms. The average molecular weight is 364 g/mol. The van der Waals surface area contributed by atoms with Crippen molar-refractivity contribution >= 4 is 36.3 Å². The number of rotatable bonds is 10. The summed E-state index contributed by atoms with van der Waals surface area (Å²) in [7, 11) is 0. The molecule has 3 unspecified atom stereocenters. The largest absolute Gasteiger partial charge is 0.480 e. The molecule has 0 saturated heterocycles. The molecule has 0 radical (unpaired) electrons. The van der Waals surface area contributed by atoms with E-state index in [1.165, 1.54) is 0 Å². The van der Waals surface area contributed by atoms with Gasteiger partial charge in [-0.25, -0.2) is 4.79 Å². The van der Waals surface area contributed by atoms with Crippen LogP contribution in [-0.4, -0.2) is 70.9 Å². The Kier molecular flexibility index (Phi) is 10.0. The van der Waals surface area contributed by atoms with Crippen molar-refractivity contribution in [3.05, 3.63) is 0 Å². The fourth-order valence-corrected chi connectivity index (χ4v) is 1.94. The van der Waals surface area contributed by atoms with Gasteiger partial charge in [0.05, 0.1) is 13.2 Å². The van der Waals surface area contributed by atoms with E-state index in [2.05, 4.69) is 28.6 Å². The summed E-state index contributed by atoms with van der Waals surface area (Å²) in [6.07, 6.45) is 0. The molecule has 0 aromatic rings. The van der Waals surface area contributed by atoms with E-state index in [0.717, 1.165) is 0 Å². The number of carboxylic acids is 1. The summed E-state index contributed by atoms with van der Waals surface area (Å²) in [4.78, 5) is 46.4. The zero-order chi connectivity index (χ0) is 18.9. The molecule has 0 aromatic heterocycles. The van der Waals surface area contributed by atoms with Crippen molar-refractivity contribution in [1.29, 1.82) is 0 Å². The minimum atomic E-state index is -1.37. The lowest BCUT2D eigenvalue weighted by atomic mass is 10.0. The summed E-state index contributed by atoms with van der Waals surface area (Å²) in [5.74, 6) is -3.87. The Bertz CT molecular complexity index is 473. The molecule has 10 nitrogen and oxygen atoms in total. The lowest BCUT2D eigenvalue weighted by molar-refractivity contribution is -0.143. The van der Waals surface area contributed by atoms with E-state index in [0.29, 0.717) is 0 Å². The second-order valence-electron chi connectivity index (χ2n) is 5.32. The number of nitrogens with one attached hydrogen (secondary N) is 3. The molecule has 3 atom stereocenters. The second kappa shape index (κ2) is 10.8. The molecule has 0 heterocycles. The Labute approximate surface area is 144 Å². The lowest BCUT2D eigenvalue weighted by Crippen LogP contribution is -2.58. The molecule has 0 saturated carbocycles. The van der Waals surface area contributed by atoms with Gasteiger partial charge in [-0.3, -0.25) is 14.4 Å². The van der Waals surface area contributed by atoms with Gasteiger partial charge >= 0.3 is 5.97 Å². The van der Waals surface area contributed by atoms with Crippen LogP contribution in [-0.2, 0) is 19.2 Å². The third-order valence-corrected chi connectivity index (χ3v) is 3.43. The molecule has 0 aliphatic heterocycles. The molecule has 11 heteroatoms. The Morgan fingerprint density at radius 2 is 1.58 bits per heavy atom. The van der Waals surface area contributed by atoms with Gasteiger partial charge in [0, 0.05) is 5.75 Å². The molecule has 24 heavy (non-hydrogen) atoms. The van der Waals surface area contributed by atoms with E-state index in [1.807, 2.05) is 0 Å². The van der Waals surface area contributed by atoms with Gasteiger partial charge in [-0.15, -0.1) is 0 Å². The van der Waals surface area contributed by atoms with Crippen LogP contribution in [0, 0.1) is 5.92 Å². The monoisotopic (exact) mass is 364 g/mol. The predicted molar refractivity (Wildman–Crippen MR) is 88.3 cm³/mol. The zero-order valence-corrected chi connectivity index (χ0v) is 14.4. The normalized spacial score (nSPS) is 14.4. The number of hydrogen-bond acceptors (Lipinski definition) is 7. The molecule has 0 aliphatic carbocycles. The van der Waals surface area contributed by atoms with Crippen LogP contribution in [0.25, 0.3) is 0 Å². The van der Waals surface area contributed by atoms with E-state index in [4.69, 9.17) is 10.8 Å². The van der Waals surface area contributed by atoms with Crippen LogP contribution >= 0.6 is 12.6 Å². The van der Waals surface area contributed by atoms with Crippen LogP contribution in [0.2, 0.25) is 0 Å². The van der Waals surface area contributed by atoms with Gasteiger partial charge in [0.1, 0.15) is 18.1 Å². The summed E-state index contributed by atoms with van der Waals surface area (Å²) in [5, 5.41) is 25.1. The van der Waals surface area contributed by atoms with Crippen molar-refractivity contribution in [2.75, 3.05) is 18.9 Å². The van der Waals surface area contributed by atoms with Crippen LogP contribution < -0.4 is 21.7 Å². The Morgan fingerprint density at radius 1 is 1.04 bits per heavy atom. The maximum atomic E-state index is 12.0. The number of hydrogen-bond donors (Lipinski definition) is 7. The maximum absolute atomic E-state index is 12.0. The number of thiol groups is 1. The van der Waals surface area contributed by atoms with Gasteiger partial charge < -0.3 is 31.9 Å². The van der Waals surface area contributed by atoms with Gasteiger partial charge in [-0.2, -0.15) is 12.6 Å². The van der Waals surface area contributed by atoms with E-state index in [-0.39, 0.29) is 12.3 Å². The summed E-state index contributed by atoms with van der Waals surface area (Å²) < 4.78 is 0. The third-order valence-electron chi connectivity index (χ3n) is 3.07. The van der Waals surface area contributed by atoms with Crippen molar-refractivity contribution in [1.82, 2.24) is 16.0 Å². The molecular weight excluding hydrogens is 340 g/mol. The quantitative estimate of drug-likeness (QED) is 0.203. The lowest BCUT2D eigenvalue weighted by Gasteiger charge is -2.23. The highest BCUT2D eigenvalue weighted by Gasteiger charge is 2.29. The first-order valence-electron chi connectivity index (χ1n) is 7.22. The number of aliphatic hydroxyl groups is 1. The van der Waals surface area contributed by atoms with Crippen molar-refractivity contribution in [3.63, 3.8) is 0 Å². The van der Waals surface area contributed by atoms with Crippen LogP contribution in [0.3, 0.4) is 0 Å². The highest BCUT2D eigenvalue weighted by Crippen LogP contribution is 2.02. The van der Waals surface area contributed by atoms with Gasteiger partial charge in [-0.05, 0) is 5.92 Å². The minimum Gasteiger partial charge on any atom is -0.480 e. The first-order chi connectivity index (χ1) is 11.2. The third kappa shape index (κ3) is 7.15. The highest BCUT2D eigenvalue weighted by molar-refractivity contribution is 7.80. The van der Waals surface area contributed by atoms with Gasteiger partial charge in [0.15, 0.2) is 0 Å². The molecule has 7 N–H and O–H groups in total. The molecule has 0 fully saturated rings. The molecule has 138 valence electrons. The maximum Gasteiger partial charge on any atom is 0.326 e. The standard InChI is InChI=1S/C13H24N4O6S/c1-6(2)10(13(22)23)17-11(20)7(4-18)16-12(21)8(5-24)15-9(19)3-14/h6-8,10,18,24H,3-5,14H2,1-2H3,(H,15,19)(H,16,21)(H,17,20)(H,22,23). The zero-order valence-electron chi connectivity index (χ0n) is 13.5. The molecule has 3 amide bonds. The van der Waals surface area contributed by atoms with E-state index < -0.39 is 54.3 Å². The van der Waals surface area contributed by atoms with Crippen LogP contribution in [0.5, 0.6) is 0 Å². The fraction of sp³-hybridized carbons (Fsp3) is 0.692. The second-order valence-corrected chi connectivity index (χ2v) is 5.68. The predicted octanol–water partition coefficient (Wildman–Crippen LogP) is -2.94. The van der Waals surface area contributed by atoms with Crippen LogP contribution in [0.1, 0.15) is 13.8 Å². The van der Waals surface area contributed by atoms with E-state index in [9.17, 15) is 24.3 Å². The first kappa shape index (κ1) is 22.1. The SMILES string of the molecule is CC(C)C(NC(=O)C(CO)NC(=O)C(CS)NC(=O)CN)C(=O)O. The summed E-state index contributed by atoms with van der Waals surface area (Å²) in [5.41, 5.74) is 5.13. The van der Waals surface area contributed by atoms with Crippen molar-refractivity contribution in [2.45, 2.75) is 32.0 Å². The van der Waals surface area contributed by atoms with Gasteiger partial charge in [-0.1, -0.05) is 13.8 Å². The molecule has 0 spiro atoms. The Morgan fingerprint density at radius 3 is 1.96 bits per heavy atom. The smallest absolute Gasteiger partial charge is 0.326 e. The topological polar surface area (TPSA) is 171 Å². The molecule has 0 aliphatic rings. The van der Waals surface area contributed by atoms with Crippen molar-refractivity contribution in [3.8, 4) is 0 Å². The number of carboxylic acid groups (broad SMARTS) is 1. The number of carbonyl (C=O) groups is 4. The number of aliphatic hydroxyl groups excluding tert-OH is 1. The summed E-state index contributed by atoms with van der Waals surface area (Å²) in [6, 6.07) is -3.58. The van der Waals surface area contributed by atoms with Crippen molar-refractivity contribution in [2.24, 2.45) is 11.7 Å². The minimum absolute atomic E-state index is 0.0545. The first-order valence-corrected chi connectivity index (χ1v) is 7.85. The van der Waals surface area contributed by atoms with Crippen molar-refractivity contribution < 1.29 is 29.4 Å². The number of amides is 3. The molecule has 0 aromatic carbocycles. The van der Waals surface area contributed by atoms with Crippen LogP contribution in [0.15, 0.2) is 0 Å². The van der Waals surface area contributed by atoms with E-state index in [1.54, 1.807) is 13.8 Å². The summed E-state index contributed by atoms with van der Waals surface area (Å²) >= 11 is 3.92. The fourth-order valence-electron chi connectivity index (χ4n) is 1.68. The molecule has 0 rings (SSSR count). The average Bonchev–Trinajstić information content (AvgIpc) is 2.53. The van der Waals surface area contributed by atoms with Gasteiger partial charge in [0.25, 0.3) is 0 Å². The molecular formula is C13H24N4O6S. The van der Waals surface area contributed by atoms with Crippen LogP contribution in [0.4, 0.5) is 0 Å². The highest BCUT2D eigenvalue weighted by atomic mass is 32.1. The number of aliphatic carboxylic acids is 1. The number of nitrogens with two attached hydrogens (primary N) is 1. The Balaban J connectivity index is 4.88. The van der Waals surface area contributed by atoms with Gasteiger partial charge in [0.2, 0.25) is 17.7 Å².